The predicted molar refractivity (Wildman–Crippen MR) is 63.1 cm³/mol. The van der Waals surface area contributed by atoms with Gasteiger partial charge in [-0.15, -0.1) is 0 Å². The van der Waals surface area contributed by atoms with Crippen molar-refractivity contribution in [3.05, 3.63) is 34.9 Å². The molecule has 1 aromatic rings. The van der Waals surface area contributed by atoms with Gasteiger partial charge in [0.25, 0.3) is 0 Å². The van der Waals surface area contributed by atoms with E-state index in [0.29, 0.717) is 6.04 Å². The van der Waals surface area contributed by atoms with Gasteiger partial charge in [-0.3, -0.25) is 0 Å². The summed E-state index contributed by atoms with van der Waals surface area (Å²) in [7, 11) is 5.52. The summed E-state index contributed by atoms with van der Waals surface area (Å²) < 4.78 is 0. The average molecular weight is 197 g/mol. The standard InChI is InChI=1S/C13H16BN/c14-15-11-6-7-13-10(8-11)2-1-3-12(13)9-4-5-9/h1-3,9,11,15H,4-8H2/t11-/m0/s1. The molecule has 1 aromatic carbocycles. The van der Waals surface area contributed by atoms with Crippen LogP contribution in [0.25, 0.3) is 0 Å². The molecule has 0 aliphatic heterocycles. The molecule has 0 saturated heterocycles. The Labute approximate surface area is 92.7 Å². The van der Waals surface area contributed by atoms with Crippen molar-refractivity contribution in [3.8, 4) is 0 Å². The van der Waals surface area contributed by atoms with Gasteiger partial charge in [0.1, 0.15) is 0 Å². The Kier molecular flexibility index (Phi) is 2.32. The fraction of sp³-hybridized carbons (Fsp3) is 0.538. The molecule has 0 spiro atoms. The van der Waals surface area contributed by atoms with Crippen LogP contribution in [0.2, 0.25) is 0 Å². The summed E-state index contributed by atoms with van der Waals surface area (Å²) in [5.74, 6) is 0.877. The molecule has 0 bridgehead atoms. The van der Waals surface area contributed by atoms with Gasteiger partial charge >= 0.3 is 0 Å². The van der Waals surface area contributed by atoms with E-state index in [1.165, 1.54) is 31.2 Å². The highest BCUT2D eigenvalue weighted by atomic mass is 14.8. The van der Waals surface area contributed by atoms with Crippen LogP contribution in [0.3, 0.4) is 0 Å². The lowest BCUT2D eigenvalue weighted by Crippen LogP contribution is -2.32. The molecular weight excluding hydrogens is 181 g/mol. The van der Waals surface area contributed by atoms with Crippen LogP contribution in [0.5, 0.6) is 0 Å². The molecule has 1 saturated carbocycles. The molecule has 1 N–H and O–H groups in total. The first-order chi connectivity index (χ1) is 7.38. The monoisotopic (exact) mass is 197 g/mol. The van der Waals surface area contributed by atoms with Crippen LogP contribution in [0, 0.1) is 0 Å². The highest BCUT2D eigenvalue weighted by Crippen LogP contribution is 2.43. The number of rotatable bonds is 2. The van der Waals surface area contributed by atoms with Crippen LogP contribution in [0.4, 0.5) is 0 Å². The lowest BCUT2D eigenvalue weighted by atomic mass is 9.84. The third-order valence-electron chi connectivity index (χ3n) is 3.77. The molecule has 1 nitrogen and oxygen atoms in total. The summed E-state index contributed by atoms with van der Waals surface area (Å²) in [5.41, 5.74) is 4.78. The third kappa shape index (κ3) is 1.72. The van der Waals surface area contributed by atoms with E-state index in [-0.39, 0.29) is 0 Å². The number of hydrogen-bond acceptors (Lipinski definition) is 1. The molecule has 1 atom stereocenters. The first-order valence-electron chi connectivity index (χ1n) is 5.95. The molecule has 2 heteroatoms. The van der Waals surface area contributed by atoms with Gasteiger partial charge in [0.15, 0.2) is 7.98 Å². The Bertz CT molecular complexity index is 371. The van der Waals surface area contributed by atoms with E-state index in [9.17, 15) is 0 Å². The molecule has 2 aliphatic carbocycles. The Morgan fingerprint density at radius 3 is 2.80 bits per heavy atom. The summed E-state index contributed by atoms with van der Waals surface area (Å²) in [4.78, 5) is 0. The number of nitrogens with one attached hydrogen (secondary N) is 1. The van der Waals surface area contributed by atoms with Crippen LogP contribution in [0.1, 0.15) is 41.9 Å². The molecule has 2 radical (unpaired) electrons. The molecule has 76 valence electrons. The minimum atomic E-state index is 0.479. The summed E-state index contributed by atoms with van der Waals surface area (Å²) in [6.45, 7) is 0. The molecule has 1 fully saturated rings. The maximum absolute atomic E-state index is 5.52. The second kappa shape index (κ2) is 3.68. The molecule has 2 aliphatic rings. The zero-order chi connectivity index (χ0) is 10.3. The van der Waals surface area contributed by atoms with Crippen molar-refractivity contribution >= 4 is 7.98 Å². The average Bonchev–Trinajstić information content (AvgIpc) is 3.11. The highest BCUT2D eigenvalue weighted by Gasteiger charge is 2.28. The summed E-state index contributed by atoms with van der Waals surface area (Å²) >= 11 is 0. The fourth-order valence-corrected chi connectivity index (χ4v) is 2.76. The zero-order valence-corrected chi connectivity index (χ0v) is 9.00. The van der Waals surface area contributed by atoms with Crippen LogP contribution in [-0.4, -0.2) is 14.0 Å². The minimum Gasteiger partial charge on any atom is -0.363 e. The molecule has 0 aromatic heterocycles. The predicted octanol–water partition coefficient (Wildman–Crippen LogP) is 2.09. The SMILES string of the molecule is [B]N[C@H]1CCc2c(cccc2C2CC2)C1. The van der Waals surface area contributed by atoms with Gasteiger partial charge in [0.2, 0.25) is 0 Å². The third-order valence-corrected chi connectivity index (χ3v) is 3.77. The molecule has 15 heavy (non-hydrogen) atoms. The maximum Gasteiger partial charge on any atom is 0.178 e. The van der Waals surface area contributed by atoms with E-state index in [2.05, 4.69) is 23.4 Å². The van der Waals surface area contributed by atoms with Crippen molar-refractivity contribution in [2.75, 3.05) is 0 Å². The van der Waals surface area contributed by atoms with E-state index < -0.39 is 0 Å². The van der Waals surface area contributed by atoms with Crippen molar-refractivity contribution in [1.82, 2.24) is 5.23 Å². The fourth-order valence-electron chi connectivity index (χ4n) is 2.76. The second-order valence-electron chi connectivity index (χ2n) is 4.87. The van der Waals surface area contributed by atoms with Crippen molar-refractivity contribution in [2.45, 2.75) is 44.1 Å². The zero-order valence-electron chi connectivity index (χ0n) is 9.00. The quantitative estimate of drug-likeness (QED) is 0.716. The van der Waals surface area contributed by atoms with Gasteiger partial charge in [0, 0.05) is 6.04 Å². The minimum absolute atomic E-state index is 0.479. The van der Waals surface area contributed by atoms with Gasteiger partial charge in [-0.25, -0.2) is 0 Å². The summed E-state index contributed by atoms with van der Waals surface area (Å²) in [6.07, 6.45) is 6.29. The number of hydrogen-bond donors (Lipinski definition) is 1. The van der Waals surface area contributed by atoms with Crippen molar-refractivity contribution in [3.63, 3.8) is 0 Å². The number of benzene rings is 1. The Hall–Kier alpha value is -0.755. The van der Waals surface area contributed by atoms with Crippen LogP contribution in [0.15, 0.2) is 18.2 Å². The highest BCUT2D eigenvalue weighted by molar-refractivity contribution is 6.04. The van der Waals surface area contributed by atoms with Gasteiger partial charge < -0.3 is 5.23 Å². The van der Waals surface area contributed by atoms with Crippen LogP contribution < -0.4 is 5.23 Å². The Morgan fingerprint density at radius 1 is 1.20 bits per heavy atom. The normalized spacial score (nSPS) is 24.9. The van der Waals surface area contributed by atoms with Gasteiger partial charge in [-0.05, 0) is 54.7 Å². The van der Waals surface area contributed by atoms with Gasteiger partial charge in [0.05, 0.1) is 0 Å². The number of fused-ring (bicyclic) bond motifs is 1. The van der Waals surface area contributed by atoms with Crippen molar-refractivity contribution in [1.29, 1.82) is 0 Å². The first kappa shape index (κ1) is 9.47. The topological polar surface area (TPSA) is 12.0 Å². The van der Waals surface area contributed by atoms with E-state index in [1.54, 1.807) is 11.1 Å². The largest absolute Gasteiger partial charge is 0.363 e. The molecule has 0 amide bonds. The second-order valence-corrected chi connectivity index (χ2v) is 4.87. The van der Waals surface area contributed by atoms with Crippen LogP contribution >= 0.6 is 0 Å². The lowest BCUT2D eigenvalue weighted by molar-refractivity contribution is 0.538. The summed E-state index contributed by atoms with van der Waals surface area (Å²) in [6, 6.07) is 7.29. The van der Waals surface area contributed by atoms with Crippen molar-refractivity contribution in [2.24, 2.45) is 0 Å². The Morgan fingerprint density at radius 2 is 2.07 bits per heavy atom. The lowest BCUT2D eigenvalue weighted by Gasteiger charge is -2.26. The van der Waals surface area contributed by atoms with Gasteiger partial charge in [-0.1, -0.05) is 18.2 Å². The van der Waals surface area contributed by atoms with E-state index >= 15 is 0 Å². The summed E-state index contributed by atoms with van der Waals surface area (Å²) in [5, 5.41) is 2.91. The molecular formula is C13H16BN. The van der Waals surface area contributed by atoms with E-state index in [4.69, 9.17) is 7.98 Å². The first-order valence-corrected chi connectivity index (χ1v) is 5.95. The van der Waals surface area contributed by atoms with E-state index in [0.717, 1.165) is 12.3 Å². The van der Waals surface area contributed by atoms with Gasteiger partial charge in [-0.2, -0.15) is 0 Å². The molecule has 0 unspecified atom stereocenters. The molecule has 3 rings (SSSR count). The van der Waals surface area contributed by atoms with Crippen molar-refractivity contribution < 1.29 is 0 Å². The van der Waals surface area contributed by atoms with Crippen LogP contribution in [-0.2, 0) is 12.8 Å². The maximum atomic E-state index is 5.52. The Balaban J connectivity index is 1.94. The molecule has 0 heterocycles. The van der Waals surface area contributed by atoms with E-state index in [1.807, 2.05) is 0 Å². The smallest absolute Gasteiger partial charge is 0.178 e.